The number of aromatic nitrogens is 4. The Morgan fingerprint density at radius 2 is 1.86 bits per heavy atom. The summed E-state index contributed by atoms with van der Waals surface area (Å²) < 4.78 is 1.57. The molecule has 4 rings (SSSR count). The van der Waals surface area contributed by atoms with Gasteiger partial charge in [0.2, 0.25) is 0 Å². The Balaban J connectivity index is 1.73. The van der Waals surface area contributed by atoms with Gasteiger partial charge >= 0.3 is 0 Å². The highest BCUT2D eigenvalue weighted by Crippen LogP contribution is 2.27. The number of carbonyl (C=O) groups is 1. The van der Waals surface area contributed by atoms with Gasteiger partial charge in [-0.05, 0) is 23.8 Å². The number of fused-ring (bicyclic) bond motifs is 1. The van der Waals surface area contributed by atoms with Crippen LogP contribution in [0.2, 0.25) is 0 Å². The third kappa shape index (κ3) is 1.88. The average Bonchev–Trinajstić information content (AvgIpc) is 3.16. The Morgan fingerprint density at radius 1 is 1.00 bits per heavy atom. The van der Waals surface area contributed by atoms with Crippen LogP contribution in [0.3, 0.4) is 0 Å². The van der Waals surface area contributed by atoms with E-state index in [4.69, 9.17) is 0 Å². The van der Waals surface area contributed by atoms with Crippen molar-refractivity contribution in [3.63, 3.8) is 0 Å². The van der Waals surface area contributed by atoms with Gasteiger partial charge in [-0.25, -0.2) is 9.67 Å². The fourth-order valence-corrected chi connectivity index (χ4v) is 2.46. The third-order valence-corrected chi connectivity index (χ3v) is 3.47. The molecule has 3 heterocycles. The molecule has 1 aliphatic heterocycles. The smallest absolute Gasteiger partial charge is 0.260 e. The molecule has 2 aromatic heterocycles. The molecule has 0 N–H and O–H groups in total. The maximum Gasteiger partial charge on any atom is 0.260 e. The van der Waals surface area contributed by atoms with Crippen molar-refractivity contribution >= 4 is 11.7 Å². The van der Waals surface area contributed by atoms with Crippen LogP contribution in [-0.2, 0) is 6.54 Å². The van der Waals surface area contributed by atoms with Gasteiger partial charge in [0, 0.05) is 5.56 Å². The van der Waals surface area contributed by atoms with E-state index in [0.717, 1.165) is 11.1 Å². The molecule has 3 aromatic rings. The highest BCUT2D eigenvalue weighted by Gasteiger charge is 2.28. The quantitative estimate of drug-likeness (QED) is 0.716. The number of pyridine rings is 1. The molecule has 0 saturated heterocycles. The number of amides is 1. The average molecular weight is 277 g/mol. The van der Waals surface area contributed by atoms with Crippen molar-refractivity contribution in [2.24, 2.45) is 0 Å². The fraction of sp³-hybridized carbons (Fsp3) is 0.0667. The molecule has 0 fully saturated rings. The summed E-state index contributed by atoms with van der Waals surface area (Å²) >= 11 is 0. The Morgan fingerprint density at radius 3 is 2.67 bits per heavy atom. The lowest BCUT2D eigenvalue weighted by molar-refractivity contribution is 0.0996. The molecule has 1 aliphatic rings. The number of hydrogen-bond acceptors (Lipinski definition) is 4. The molecule has 0 unspecified atom stereocenters. The molecule has 21 heavy (non-hydrogen) atoms. The van der Waals surface area contributed by atoms with E-state index in [1.165, 1.54) is 0 Å². The van der Waals surface area contributed by atoms with E-state index in [1.807, 2.05) is 42.5 Å². The second kappa shape index (κ2) is 4.52. The van der Waals surface area contributed by atoms with Crippen LogP contribution in [0.15, 0.2) is 54.9 Å². The monoisotopic (exact) mass is 277 g/mol. The van der Waals surface area contributed by atoms with E-state index < -0.39 is 0 Å². The molecule has 102 valence electrons. The summed E-state index contributed by atoms with van der Waals surface area (Å²) in [5.41, 5.74) is 1.76. The zero-order valence-corrected chi connectivity index (χ0v) is 11.0. The minimum absolute atomic E-state index is 0.0196. The van der Waals surface area contributed by atoms with Gasteiger partial charge in [0.25, 0.3) is 5.91 Å². The third-order valence-electron chi connectivity index (χ3n) is 3.47. The molecule has 0 atom stereocenters. The standard InChI is InChI=1S/C15H11N5O/c21-15-12-5-2-1-4-11(12)10-19(15)13-6-3-7-14(17-13)20-9-8-16-18-20/h1-9H,10H2. The summed E-state index contributed by atoms with van der Waals surface area (Å²) in [7, 11) is 0. The number of carbonyl (C=O) groups excluding carboxylic acids is 1. The van der Waals surface area contributed by atoms with Crippen molar-refractivity contribution in [2.45, 2.75) is 6.54 Å². The summed E-state index contributed by atoms with van der Waals surface area (Å²) in [5.74, 6) is 1.23. The number of rotatable bonds is 2. The van der Waals surface area contributed by atoms with Crippen molar-refractivity contribution in [2.75, 3.05) is 4.90 Å². The fourth-order valence-electron chi connectivity index (χ4n) is 2.46. The molecule has 0 radical (unpaired) electrons. The number of anilines is 1. The van der Waals surface area contributed by atoms with Gasteiger partial charge in [-0.2, -0.15) is 0 Å². The minimum atomic E-state index is -0.0196. The van der Waals surface area contributed by atoms with Crippen LogP contribution in [0.25, 0.3) is 5.82 Å². The van der Waals surface area contributed by atoms with Crippen molar-refractivity contribution in [1.82, 2.24) is 20.0 Å². The van der Waals surface area contributed by atoms with Gasteiger partial charge in [-0.1, -0.05) is 29.5 Å². The van der Waals surface area contributed by atoms with Crippen molar-refractivity contribution in [1.29, 1.82) is 0 Å². The van der Waals surface area contributed by atoms with E-state index in [2.05, 4.69) is 15.3 Å². The topological polar surface area (TPSA) is 63.9 Å². The first kappa shape index (κ1) is 11.8. The summed E-state index contributed by atoms with van der Waals surface area (Å²) in [4.78, 5) is 18.6. The Hall–Kier alpha value is -3.02. The molecule has 0 aliphatic carbocycles. The molecular weight excluding hydrogens is 266 g/mol. The highest BCUT2D eigenvalue weighted by atomic mass is 16.2. The molecule has 0 bridgehead atoms. The molecule has 1 aromatic carbocycles. The van der Waals surface area contributed by atoms with Gasteiger partial charge in [-0.15, -0.1) is 5.10 Å². The Labute approximate surface area is 120 Å². The molecule has 0 spiro atoms. The number of hydrogen-bond donors (Lipinski definition) is 0. The minimum Gasteiger partial charge on any atom is -0.288 e. The summed E-state index contributed by atoms with van der Waals surface area (Å²) in [5, 5.41) is 7.68. The summed E-state index contributed by atoms with van der Waals surface area (Å²) in [6.07, 6.45) is 3.30. The molecule has 1 amide bonds. The first-order valence-electron chi connectivity index (χ1n) is 6.56. The Bertz CT molecular complexity index is 812. The lowest BCUT2D eigenvalue weighted by Crippen LogP contribution is -2.24. The van der Waals surface area contributed by atoms with E-state index in [9.17, 15) is 4.79 Å². The summed E-state index contributed by atoms with van der Waals surface area (Å²) in [6, 6.07) is 13.1. The lowest BCUT2D eigenvalue weighted by Gasteiger charge is -2.15. The van der Waals surface area contributed by atoms with Crippen molar-refractivity contribution < 1.29 is 4.79 Å². The lowest BCUT2D eigenvalue weighted by atomic mass is 10.1. The largest absolute Gasteiger partial charge is 0.288 e. The normalized spacial score (nSPS) is 13.5. The maximum atomic E-state index is 12.4. The van der Waals surface area contributed by atoms with E-state index in [0.29, 0.717) is 18.2 Å². The van der Waals surface area contributed by atoms with Gasteiger partial charge in [0.05, 0.1) is 18.9 Å². The second-order valence-electron chi connectivity index (χ2n) is 4.75. The molecular formula is C15H11N5O. The van der Waals surface area contributed by atoms with Gasteiger partial charge in [0.1, 0.15) is 5.82 Å². The molecule has 0 saturated carbocycles. The van der Waals surface area contributed by atoms with Crippen molar-refractivity contribution in [3.8, 4) is 5.82 Å². The summed E-state index contributed by atoms with van der Waals surface area (Å²) in [6.45, 7) is 0.544. The van der Waals surface area contributed by atoms with E-state index in [-0.39, 0.29) is 5.91 Å². The number of benzene rings is 1. The van der Waals surface area contributed by atoms with Gasteiger partial charge in [-0.3, -0.25) is 9.69 Å². The van der Waals surface area contributed by atoms with Crippen LogP contribution in [0.4, 0.5) is 5.82 Å². The molecule has 6 nitrogen and oxygen atoms in total. The van der Waals surface area contributed by atoms with Crippen LogP contribution in [-0.4, -0.2) is 25.9 Å². The number of nitrogens with zero attached hydrogens (tertiary/aromatic N) is 5. The predicted molar refractivity (Wildman–Crippen MR) is 76.1 cm³/mol. The highest BCUT2D eigenvalue weighted by molar-refractivity contribution is 6.09. The van der Waals surface area contributed by atoms with Crippen LogP contribution in [0.1, 0.15) is 15.9 Å². The first-order valence-corrected chi connectivity index (χ1v) is 6.56. The second-order valence-corrected chi connectivity index (χ2v) is 4.75. The van der Waals surface area contributed by atoms with E-state index in [1.54, 1.807) is 22.0 Å². The van der Waals surface area contributed by atoms with Crippen LogP contribution < -0.4 is 4.90 Å². The first-order chi connectivity index (χ1) is 10.3. The van der Waals surface area contributed by atoms with Crippen LogP contribution >= 0.6 is 0 Å². The SMILES string of the molecule is O=C1c2ccccc2CN1c1cccc(-n2ccnn2)n1. The van der Waals surface area contributed by atoms with Crippen LogP contribution in [0, 0.1) is 0 Å². The zero-order valence-electron chi connectivity index (χ0n) is 11.0. The van der Waals surface area contributed by atoms with E-state index >= 15 is 0 Å². The van der Waals surface area contributed by atoms with Gasteiger partial charge in [0.15, 0.2) is 5.82 Å². The Kier molecular flexibility index (Phi) is 2.53. The predicted octanol–water partition coefficient (Wildman–Crippen LogP) is 1.82. The molecule has 6 heteroatoms. The van der Waals surface area contributed by atoms with Crippen molar-refractivity contribution in [3.05, 3.63) is 66.0 Å². The maximum absolute atomic E-state index is 12.4. The van der Waals surface area contributed by atoms with Gasteiger partial charge < -0.3 is 0 Å². The van der Waals surface area contributed by atoms with Crippen LogP contribution in [0.5, 0.6) is 0 Å². The zero-order chi connectivity index (χ0) is 14.2.